The Kier molecular flexibility index (Phi) is 5.35. The summed E-state index contributed by atoms with van der Waals surface area (Å²) in [6, 6.07) is 0. The van der Waals surface area contributed by atoms with E-state index in [4.69, 9.17) is 23.2 Å². The van der Waals surface area contributed by atoms with Crippen molar-refractivity contribution in [2.75, 3.05) is 0 Å². The molecule has 2 aromatic rings. The molecule has 0 N–H and O–H groups in total. The number of halogens is 2. The van der Waals surface area contributed by atoms with Gasteiger partial charge in [0.05, 0.1) is 11.8 Å². The highest BCUT2D eigenvalue weighted by molar-refractivity contribution is 6.16. The van der Waals surface area contributed by atoms with Crippen LogP contribution in [-0.2, 0) is 25.9 Å². The molecule has 0 unspecified atom stereocenters. The monoisotopic (exact) mass is 260 g/mol. The minimum Gasteiger partial charge on any atom is -0.337 e. The molecule has 6 heteroatoms. The van der Waals surface area contributed by atoms with E-state index >= 15 is 0 Å². The Hall–Kier alpha value is -1.00. The van der Waals surface area contributed by atoms with E-state index < -0.39 is 0 Å². The Balaban J connectivity index is 0.000000160. The number of hydrogen-bond donors (Lipinski definition) is 0. The number of hydrogen-bond acceptors (Lipinski definition) is 2. The van der Waals surface area contributed by atoms with Crippen LogP contribution in [0.25, 0.3) is 0 Å². The van der Waals surface area contributed by atoms with E-state index in [0.29, 0.717) is 11.8 Å². The number of rotatable bonds is 2. The fraction of sp³-hybridized carbons (Fsp3) is 0.400. The highest BCUT2D eigenvalue weighted by atomic mass is 35.5. The molecule has 0 saturated carbocycles. The van der Waals surface area contributed by atoms with E-state index in [0.717, 1.165) is 11.6 Å². The number of alkyl halides is 2. The van der Waals surface area contributed by atoms with Crippen molar-refractivity contribution in [3.63, 3.8) is 0 Å². The molecule has 0 atom stereocenters. The first-order valence-corrected chi connectivity index (χ1v) is 5.80. The predicted molar refractivity (Wildman–Crippen MR) is 65.5 cm³/mol. The molecule has 2 aromatic heterocycles. The molecule has 0 bridgehead atoms. The minimum absolute atomic E-state index is 0.490. The quantitative estimate of drug-likeness (QED) is 0.778. The zero-order valence-electron chi connectivity index (χ0n) is 9.27. The van der Waals surface area contributed by atoms with Gasteiger partial charge in [-0.3, -0.25) is 0 Å². The predicted octanol–water partition coefficient (Wildman–Crippen LogP) is 2.32. The summed E-state index contributed by atoms with van der Waals surface area (Å²) in [6.45, 7) is 0. The molecule has 0 aliphatic heterocycles. The molecule has 0 fully saturated rings. The Morgan fingerprint density at radius 3 is 1.44 bits per heavy atom. The van der Waals surface area contributed by atoms with E-state index in [2.05, 4.69) is 9.97 Å². The lowest BCUT2D eigenvalue weighted by Gasteiger charge is -1.91. The summed E-state index contributed by atoms with van der Waals surface area (Å²) in [5.74, 6) is 2.80. The zero-order valence-corrected chi connectivity index (χ0v) is 10.8. The van der Waals surface area contributed by atoms with Crippen molar-refractivity contribution in [3.8, 4) is 0 Å². The molecular formula is C10H14Cl2N4. The van der Waals surface area contributed by atoms with Crippen molar-refractivity contribution in [2.24, 2.45) is 14.1 Å². The third kappa shape index (κ3) is 3.54. The molecule has 0 aliphatic rings. The van der Waals surface area contributed by atoms with Crippen LogP contribution in [0.3, 0.4) is 0 Å². The fourth-order valence-electron chi connectivity index (χ4n) is 1.05. The molecule has 0 amide bonds. The van der Waals surface area contributed by atoms with Gasteiger partial charge >= 0.3 is 0 Å². The lowest BCUT2D eigenvalue weighted by Crippen LogP contribution is -1.91. The van der Waals surface area contributed by atoms with Crippen molar-refractivity contribution in [1.82, 2.24) is 19.1 Å². The molecule has 0 aromatic carbocycles. The molecule has 0 radical (unpaired) electrons. The van der Waals surface area contributed by atoms with Crippen LogP contribution in [0.15, 0.2) is 24.8 Å². The fourth-order valence-corrected chi connectivity index (χ4v) is 1.57. The molecule has 4 nitrogen and oxygen atoms in total. The van der Waals surface area contributed by atoms with Crippen molar-refractivity contribution in [3.05, 3.63) is 36.4 Å². The first-order chi connectivity index (χ1) is 7.69. The van der Waals surface area contributed by atoms with Crippen LogP contribution in [0.1, 0.15) is 11.6 Å². The molecule has 0 saturated heterocycles. The van der Waals surface area contributed by atoms with Gasteiger partial charge in [-0.2, -0.15) is 0 Å². The SMILES string of the molecule is Cn1ccnc1CCl.Cn1ccnc1CCl. The summed E-state index contributed by atoms with van der Waals surface area (Å²) in [5.41, 5.74) is 0. The van der Waals surface area contributed by atoms with Crippen LogP contribution in [-0.4, -0.2) is 19.1 Å². The molecular weight excluding hydrogens is 247 g/mol. The first-order valence-electron chi connectivity index (χ1n) is 4.73. The second-order valence-corrected chi connectivity index (χ2v) is 3.71. The van der Waals surface area contributed by atoms with Crippen LogP contribution in [0, 0.1) is 0 Å². The molecule has 0 spiro atoms. The lowest BCUT2D eigenvalue weighted by atomic mass is 10.7. The zero-order chi connectivity index (χ0) is 12.0. The van der Waals surface area contributed by atoms with Gasteiger partial charge in [-0.1, -0.05) is 0 Å². The van der Waals surface area contributed by atoms with Gasteiger partial charge in [0.15, 0.2) is 0 Å². The maximum Gasteiger partial charge on any atom is 0.123 e. The maximum absolute atomic E-state index is 5.49. The number of aryl methyl sites for hydroxylation is 2. The summed E-state index contributed by atoms with van der Waals surface area (Å²) in [4.78, 5) is 7.93. The Labute approximate surface area is 105 Å². The third-order valence-corrected chi connectivity index (χ3v) is 2.56. The second kappa shape index (κ2) is 6.55. The van der Waals surface area contributed by atoms with Crippen LogP contribution < -0.4 is 0 Å². The van der Waals surface area contributed by atoms with Gasteiger partial charge in [-0.25, -0.2) is 9.97 Å². The number of imidazole rings is 2. The van der Waals surface area contributed by atoms with Gasteiger partial charge in [0.2, 0.25) is 0 Å². The summed E-state index contributed by atoms with van der Waals surface area (Å²) in [5, 5.41) is 0. The maximum atomic E-state index is 5.49. The van der Waals surface area contributed by atoms with Gasteiger partial charge in [0.25, 0.3) is 0 Å². The summed E-state index contributed by atoms with van der Waals surface area (Å²) < 4.78 is 3.79. The van der Waals surface area contributed by atoms with Crippen molar-refractivity contribution < 1.29 is 0 Å². The standard InChI is InChI=1S/2C5H7ClN2/c2*1-8-3-2-7-5(8)4-6/h2*2-3H,4H2,1H3. The van der Waals surface area contributed by atoms with Crippen molar-refractivity contribution in [1.29, 1.82) is 0 Å². The molecule has 2 rings (SSSR count). The molecule has 0 aliphatic carbocycles. The lowest BCUT2D eigenvalue weighted by molar-refractivity contribution is 0.847. The Morgan fingerprint density at radius 2 is 1.31 bits per heavy atom. The molecule has 88 valence electrons. The Bertz CT molecular complexity index is 382. The average molecular weight is 261 g/mol. The molecule has 2 heterocycles. The van der Waals surface area contributed by atoms with Crippen molar-refractivity contribution in [2.45, 2.75) is 11.8 Å². The molecule has 16 heavy (non-hydrogen) atoms. The van der Waals surface area contributed by atoms with Gasteiger partial charge in [-0.15, -0.1) is 23.2 Å². The number of nitrogens with zero attached hydrogens (tertiary/aromatic N) is 4. The minimum atomic E-state index is 0.490. The van der Waals surface area contributed by atoms with Gasteiger partial charge in [0.1, 0.15) is 11.6 Å². The second-order valence-electron chi connectivity index (χ2n) is 3.18. The van der Waals surface area contributed by atoms with Crippen LogP contribution in [0.2, 0.25) is 0 Å². The first kappa shape index (κ1) is 13.1. The normalized spacial score (nSPS) is 9.75. The number of aromatic nitrogens is 4. The van der Waals surface area contributed by atoms with Crippen LogP contribution >= 0.6 is 23.2 Å². The topological polar surface area (TPSA) is 35.6 Å². The van der Waals surface area contributed by atoms with Crippen molar-refractivity contribution >= 4 is 23.2 Å². The van der Waals surface area contributed by atoms with E-state index in [1.807, 2.05) is 35.6 Å². The van der Waals surface area contributed by atoms with Gasteiger partial charge < -0.3 is 9.13 Å². The van der Waals surface area contributed by atoms with Gasteiger partial charge in [0, 0.05) is 38.9 Å². The van der Waals surface area contributed by atoms with E-state index in [9.17, 15) is 0 Å². The van der Waals surface area contributed by atoms with E-state index in [-0.39, 0.29) is 0 Å². The smallest absolute Gasteiger partial charge is 0.123 e. The van der Waals surface area contributed by atoms with Crippen LogP contribution in [0.5, 0.6) is 0 Å². The summed E-state index contributed by atoms with van der Waals surface area (Å²) in [7, 11) is 3.84. The summed E-state index contributed by atoms with van der Waals surface area (Å²) in [6.07, 6.45) is 7.21. The van der Waals surface area contributed by atoms with Gasteiger partial charge in [-0.05, 0) is 0 Å². The highest BCUT2D eigenvalue weighted by Gasteiger charge is 1.92. The Morgan fingerprint density at radius 1 is 0.938 bits per heavy atom. The van der Waals surface area contributed by atoms with E-state index in [1.165, 1.54) is 0 Å². The third-order valence-electron chi connectivity index (χ3n) is 2.08. The highest BCUT2D eigenvalue weighted by Crippen LogP contribution is 1.97. The van der Waals surface area contributed by atoms with Crippen LogP contribution in [0.4, 0.5) is 0 Å². The largest absolute Gasteiger partial charge is 0.337 e. The average Bonchev–Trinajstić information content (AvgIpc) is 2.87. The summed E-state index contributed by atoms with van der Waals surface area (Å²) >= 11 is 11.0. The van der Waals surface area contributed by atoms with E-state index in [1.54, 1.807) is 12.4 Å².